The van der Waals surface area contributed by atoms with Crippen LogP contribution in [0.2, 0.25) is 0 Å². The summed E-state index contributed by atoms with van der Waals surface area (Å²) in [6, 6.07) is 8.40. The van der Waals surface area contributed by atoms with Crippen molar-refractivity contribution in [2.75, 3.05) is 20.7 Å². The largest absolute Gasteiger partial charge is 0.377 e. The summed E-state index contributed by atoms with van der Waals surface area (Å²) in [7, 11) is 5.85. The van der Waals surface area contributed by atoms with E-state index in [9.17, 15) is 0 Å². The van der Waals surface area contributed by atoms with E-state index in [-0.39, 0.29) is 24.0 Å². The lowest BCUT2D eigenvalue weighted by atomic mass is 10.1. The van der Waals surface area contributed by atoms with E-state index in [0.717, 1.165) is 31.2 Å². The maximum Gasteiger partial charge on any atom is 0.193 e. The molecule has 1 aromatic carbocycles. The van der Waals surface area contributed by atoms with Gasteiger partial charge in [0.15, 0.2) is 5.96 Å². The number of hydrogen-bond donors (Lipinski definition) is 1. The molecule has 7 heteroatoms. The molecule has 0 radical (unpaired) electrons. The first-order valence-corrected chi connectivity index (χ1v) is 10.0. The quantitative estimate of drug-likeness (QED) is 0.235. The number of nitrogens with zero attached hydrogens (tertiary/aromatic N) is 4. The van der Waals surface area contributed by atoms with Gasteiger partial charge < -0.3 is 15.0 Å². The molecule has 1 N–H and O–H groups in total. The van der Waals surface area contributed by atoms with Gasteiger partial charge in [0.25, 0.3) is 0 Å². The van der Waals surface area contributed by atoms with E-state index in [1.54, 1.807) is 0 Å². The number of ether oxygens (including phenoxy) is 1. The van der Waals surface area contributed by atoms with Crippen LogP contribution >= 0.6 is 24.0 Å². The average Bonchev–Trinajstić information content (AvgIpc) is 3.04. The van der Waals surface area contributed by atoms with Crippen molar-refractivity contribution in [1.82, 2.24) is 20.0 Å². The summed E-state index contributed by atoms with van der Waals surface area (Å²) in [6.07, 6.45) is 3.13. The summed E-state index contributed by atoms with van der Waals surface area (Å²) in [4.78, 5) is 6.60. The summed E-state index contributed by atoms with van der Waals surface area (Å²) >= 11 is 0. The van der Waals surface area contributed by atoms with Crippen LogP contribution in [0, 0.1) is 0 Å². The highest BCUT2D eigenvalue weighted by Crippen LogP contribution is 2.18. The van der Waals surface area contributed by atoms with Gasteiger partial charge in [0.1, 0.15) is 0 Å². The zero-order valence-corrected chi connectivity index (χ0v) is 20.9. The van der Waals surface area contributed by atoms with Crippen LogP contribution in [-0.4, -0.2) is 41.3 Å². The van der Waals surface area contributed by atoms with E-state index in [2.05, 4.69) is 78.6 Å². The predicted octanol–water partition coefficient (Wildman–Crippen LogP) is 4.30. The van der Waals surface area contributed by atoms with Gasteiger partial charge in [-0.2, -0.15) is 5.10 Å². The van der Waals surface area contributed by atoms with Crippen LogP contribution in [0.25, 0.3) is 0 Å². The molecule has 0 fully saturated rings. The van der Waals surface area contributed by atoms with Crippen molar-refractivity contribution in [3.63, 3.8) is 0 Å². The van der Waals surface area contributed by atoms with Crippen LogP contribution in [0.4, 0.5) is 0 Å². The first-order valence-electron chi connectivity index (χ1n) is 10.0. The first kappa shape index (κ1) is 25.4. The molecule has 29 heavy (non-hydrogen) atoms. The van der Waals surface area contributed by atoms with Gasteiger partial charge in [-0.15, -0.1) is 24.0 Å². The van der Waals surface area contributed by atoms with Gasteiger partial charge in [0.05, 0.1) is 12.3 Å². The highest BCUT2D eigenvalue weighted by Gasteiger charge is 2.15. The van der Waals surface area contributed by atoms with Crippen LogP contribution in [0.5, 0.6) is 0 Å². The Labute approximate surface area is 192 Å². The van der Waals surface area contributed by atoms with Crippen LogP contribution in [-0.2, 0) is 31.5 Å². The second kappa shape index (κ2) is 12.8. The number of halogens is 1. The molecule has 0 saturated heterocycles. The molecular formula is C22H36IN5O. The topological polar surface area (TPSA) is 54.7 Å². The molecule has 2 aromatic rings. The standard InChI is InChI=1S/C22H35N5O.HI/c1-7-12-28-16-19-11-9-8-10-18(19)13-24-22(23-4)26(5)14-20-15-27(6)25-21(20)17(2)3;/h8-11,15,17H,7,12-14,16H2,1-6H3,(H,23,24);1H. The molecule has 0 spiro atoms. The number of guanidine groups is 1. The van der Waals surface area contributed by atoms with Gasteiger partial charge in [0, 0.05) is 52.6 Å². The van der Waals surface area contributed by atoms with E-state index < -0.39 is 0 Å². The number of nitrogens with one attached hydrogen (secondary N) is 1. The molecule has 0 saturated carbocycles. The average molecular weight is 513 g/mol. The fourth-order valence-electron chi connectivity index (χ4n) is 3.25. The molecule has 1 aromatic heterocycles. The molecule has 1 heterocycles. The number of rotatable bonds is 9. The molecular weight excluding hydrogens is 477 g/mol. The Morgan fingerprint density at radius 3 is 2.55 bits per heavy atom. The maximum atomic E-state index is 5.73. The number of aliphatic imine (C=N–C) groups is 1. The molecule has 0 aliphatic rings. The van der Waals surface area contributed by atoms with Crippen LogP contribution in [0.1, 0.15) is 55.5 Å². The fraction of sp³-hybridized carbons (Fsp3) is 0.545. The van der Waals surface area contributed by atoms with Crippen LogP contribution in [0.15, 0.2) is 35.5 Å². The Hall–Kier alpha value is -1.61. The molecule has 2 rings (SSSR count). The number of aryl methyl sites for hydroxylation is 1. The summed E-state index contributed by atoms with van der Waals surface area (Å²) in [5.74, 6) is 1.26. The molecule has 6 nitrogen and oxygen atoms in total. The van der Waals surface area contributed by atoms with E-state index in [0.29, 0.717) is 19.1 Å². The van der Waals surface area contributed by atoms with Gasteiger partial charge in [-0.1, -0.05) is 45.0 Å². The van der Waals surface area contributed by atoms with Crippen LogP contribution < -0.4 is 5.32 Å². The maximum absolute atomic E-state index is 5.73. The van der Waals surface area contributed by atoms with Crippen molar-refractivity contribution < 1.29 is 4.74 Å². The zero-order valence-electron chi connectivity index (χ0n) is 18.6. The molecule has 0 atom stereocenters. The smallest absolute Gasteiger partial charge is 0.193 e. The third-order valence-electron chi connectivity index (χ3n) is 4.63. The van der Waals surface area contributed by atoms with Gasteiger partial charge in [-0.25, -0.2) is 0 Å². The fourth-order valence-corrected chi connectivity index (χ4v) is 3.25. The molecule has 0 amide bonds. The Balaban J connectivity index is 0.00000420. The van der Waals surface area contributed by atoms with Crippen LogP contribution in [0.3, 0.4) is 0 Å². The molecule has 162 valence electrons. The molecule has 0 aliphatic carbocycles. The lowest BCUT2D eigenvalue weighted by molar-refractivity contribution is 0.121. The third-order valence-corrected chi connectivity index (χ3v) is 4.63. The van der Waals surface area contributed by atoms with E-state index in [4.69, 9.17) is 4.74 Å². The van der Waals surface area contributed by atoms with Crippen molar-refractivity contribution in [1.29, 1.82) is 0 Å². The van der Waals surface area contributed by atoms with E-state index in [1.807, 2.05) is 18.8 Å². The zero-order chi connectivity index (χ0) is 20.5. The van der Waals surface area contributed by atoms with E-state index >= 15 is 0 Å². The minimum atomic E-state index is 0. The minimum absolute atomic E-state index is 0. The Kier molecular flexibility index (Phi) is 11.3. The van der Waals surface area contributed by atoms with Gasteiger partial charge in [-0.3, -0.25) is 9.67 Å². The van der Waals surface area contributed by atoms with Crippen molar-refractivity contribution >= 4 is 29.9 Å². The van der Waals surface area contributed by atoms with Gasteiger partial charge >= 0.3 is 0 Å². The van der Waals surface area contributed by atoms with Crippen molar-refractivity contribution in [2.24, 2.45) is 12.0 Å². The Morgan fingerprint density at radius 2 is 1.93 bits per heavy atom. The minimum Gasteiger partial charge on any atom is -0.377 e. The summed E-state index contributed by atoms with van der Waals surface area (Å²) in [6.45, 7) is 9.39. The normalized spacial score (nSPS) is 11.5. The van der Waals surface area contributed by atoms with E-state index in [1.165, 1.54) is 16.7 Å². The Morgan fingerprint density at radius 1 is 1.24 bits per heavy atom. The highest BCUT2D eigenvalue weighted by atomic mass is 127. The number of aromatic nitrogens is 2. The number of hydrogen-bond acceptors (Lipinski definition) is 3. The lowest BCUT2D eigenvalue weighted by Gasteiger charge is -2.23. The van der Waals surface area contributed by atoms with Gasteiger partial charge in [0.2, 0.25) is 0 Å². The second-order valence-electron chi connectivity index (χ2n) is 7.45. The summed E-state index contributed by atoms with van der Waals surface area (Å²) < 4.78 is 7.62. The Bertz CT molecular complexity index is 772. The predicted molar refractivity (Wildman–Crippen MR) is 131 cm³/mol. The number of benzene rings is 1. The summed E-state index contributed by atoms with van der Waals surface area (Å²) in [5.41, 5.74) is 4.83. The molecule has 0 bridgehead atoms. The molecule has 0 aliphatic heterocycles. The van der Waals surface area contributed by atoms with Crippen molar-refractivity contribution in [3.8, 4) is 0 Å². The van der Waals surface area contributed by atoms with Crippen molar-refractivity contribution in [2.45, 2.75) is 52.8 Å². The SMILES string of the molecule is CCCOCc1ccccc1CNC(=NC)N(C)Cc1cn(C)nc1C(C)C.I. The highest BCUT2D eigenvalue weighted by molar-refractivity contribution is 14.0. The monoisotopic (exact) mass is 513 g/mol. The summed E-state index contributed by atoms with van der Waals surface area (Å²) in [5, 5.41) is 8.09. The lowest BCUT2D eigenvalue weighted by Crippen LogP contribution is -2.38. The third kappa shape index (κ3) is 7.62. The van der Waals surface area contributed by atoms with Crippen molar-refractivity contribution in [3.05, 3.63) is 52.8 Å². The first-order chi connectivity index (χ1) is 13.5. The molecule has 0 unspecified atom stereocenters. The van der Waals surface area contributed by atoms with Gasteiger partial charge in [-0.05, 0) is 23.5 Å². The second-order valence-corrected chi connectivity index (χ2v) is 7.45.